The van der Waals surface area contributed by atoms with Gasteiger partial charge >= 0.3 is 0 Å². The van der Waals surface area contributed by atoms with Gasteiger partial charge in [0.1, 0.15) is 5.76 Å². The molecule has 0 spiro atoms. The van der Waals surface area contributed by atoms with Gasteiger partial charge in [0.25, 0.3) is 5.91 Å². The minimum Gasteiger partial charge on any atom is -0.468 e. The number of likely N-dealkylation sites (tertiary alicyclic amines) is 1. The Bertz CT molecular complexity index is 621. The molecule has 2 heterocycles. The number of furan rings is 1. The highest BCUT2D eigenvalue weighted by Crippen LogP contribution is 2.25. The Hall–Kier alpha value is -1.78. The molecule has 3 rings (SSSR count). The summed E-state index contributed by atoms with van der Waals surface area (Å²) in [7, 11) is 0. The molecule has 1 aromatic heterocycles. The van der Waals surface area contributed by atoms with Crippen molar-refractivity contribution in [2.75, 3.05) is 19.6 Å². The molecule has 1 amide bonds. The molecule has 2 aromatic rings. The predicted octanol–water partition coefficient (Wildman–Crippen LogP) is 3.50. The zero-order valence-corrected chi connectivity index (χ0v) is 13.1. The molecule has 116 valence electrons. The summed E-state index contributed by atoms with van der Waals surface area (Å²) in [5, 5.41) is 3.56. The van der Waals surface area contributed by atoms with E-state index in [0.717, 1.165) is 18.8 Å². The van der Waals surface area contributed by atoms with Crippen LogP contribution in [0, 0.1) is 0 Å². The van der Waals surface area contributed by atoms with E-state index in [1.165, 1.54) is 12.8 Å². The zero-order valence-electron chi connectivity index (χ0n) is 12.3. The molecule has 22 heavy (non-hydrogen) atoms. The molecule has 5 heteroatoms. The Morgan fingerprint density at radius 2 is 2.09 bits per heavy atom. The lowest BCUT2D eigenvalue weighted by Crippen LogP contribution is -2.36. The van der Waals surface area contributed by atoms with Gasteiger partial charge in [-0.3, -0.25) is 9.69 Å². The molecular weight excluding hydrogens is 300 g/mol. The number of halogens is 1. The average Bonchev–Trinajstić information content (AvgIpc) is 3.21. The van der Waals surface area contributed by atoms with E-state index in [0.29, 0.717) is 17.1 Å². The Balaban J connectivity index is 1.67. The van der Waals surface area contributed by atoms with Gasteiger partial charge in [0.05, 0.1) is 12.3 Å². The van der Waals surface area contributed by atoms with Crippen LogP contribution in [-0.4, -0.2) is 30.4 Å². The molecular formula is C17H19ClN2O2. The van der Waals surface area contributed by atoms with Crippen molar-refractivity contribution in [1.82, 2.24) is 10.2 Å². The number of hydrogen-bond acceptors (Lipinski definition) is 3. The summed E-state index contributed by atoms with van der Waals surface area (Å²) in [5.41, 5.74) is 0.576. The number of hydrogen-bond donors (Lipinski definition) is 1. The fraction of sp³-hybridized carbons (Fsp3) is 0.353. The van der Waals surface area contributed by atoms with Crippen LogP contribution in [0.1, 0.15) is 35.0 Å². The third-order valence-corrected chi connectivity index (χ3v) is 4.23. The number of amides is 1. The van der Waals surface area contributed by atoms with E-state index in [2.05, 4.69) is 10.2 Å². The number of carbonyl (C=O) groups excluding carboxylic acids is 1. The third kappa shape index (κ3) is 3.51. The highest BCUT2D eigenvalue weighted by molar-refractivity contribution is 6.30. The normalized spacial score (nSPS) is 16.6. The fourth-order valence-electron chi connectivity index (χ4n) is 2.86. The quantitative estimate of drug-likeness (QED) is 0.917. The van der Waals surface area contributed by atoms with Gasteiger partial charge in [-0.1, -0.05) is 17.7 Å². The molecule has 0 saturated carbocycles. The summed E-state index contributed by atoms with van der Waals surface area (Å²) in [6.45, 7) is 2.61. The zero-order chi connectivity index (χ0) is 15.4. The Morgan fingerprint density at radius 3 is 2.77 bits per heavy atom. The minimum absolute atomic E-state index is 0.0839. The van der Waals surface area contributed by atoms with E-state index in [9.17, 15) is 4.79 Å². The van der Waals surface area contributed by atoms with Crippen LogP contribution in [0.15, 0.2) is 47.1 Å². The lowest BCUT2D eigenvalue weighted by atomic mass is 10.1. The first-order valence-electron chi connectivity index (χ1n) is 7.55. The third-order valence-electron chi connectivity index (χ3n) is 4.00. The highest BCUT2D eigenvalue weighted by atomic mass is 35.5. The Labute approximate surface area is 135 Å². The van der Waals surface area contributed by atoms with Gasteiger partial charge < -0.3 is 9.73 Å². The van der Waals surface area contributed by atoms with Crippen molar-refractivity contribution >= 4 is 17.5 Å². The van der Waals surface area contributed by atoms with Gasteiger partial charge in [0.15, 0.2) is 0 Å². The van der Waals surface area contributed by atoms with Crippen LogP contribution in [0.2, 0.25) is 5.02 Å². The average molecular weight is 319 g/mol. The lowest BCUT2D eigenvalue weighted by molar-refractivity contribution is 0.0934. The Kier molecular flexibility index (Phi) is 4.80. The van der Waals surface area contributed by atoms with Crippen LogP contribution in [0.25, 0.3) is 0 Å². The van der Waals surface area contributed by atoms with Gasteiger partial charge in [-0.05, 0) is 56.3 Å². The molecule has 1 saturated heterocycles. The van der Waals surface area contributed by atoms with Crippen molar-refractivity contribution in [2.45, 2.75) is 18.9 Å². The summed E-state index contributed by atoms with van der Waals surface area (Å²) >= 11 is 5.93. The first-order valence-corrected chi connectivity index (χ1v) is 7.93. The van der Waals surface area contributed by atoms with Crippen molar-refractivity contribution < 1.29 is 9.21 Å². The van der Waals surface area contributed by atoms with E-state index in [4.69, 9.17) is 16.0 Å². The predicted molar refractivity (Wildman–Crippen MR) is 86.0 cm³/mol. The van der Waals surface area contributed by atoms with Crippen molar-refractivity contribution in [3.63, 3.8) is 0 Å². The van der Waals surface area contributed by atoms with Crippen LogP contribution in [0.4, 0.5) is 0 Å². The molecule has 0 bridgehead atoms. The van der Waals surface area contributed by atoms with E-state index in [1.807, 2.05) is 12.1 Å². The van der Waals surface area contributed by atoms with Gasteiger partial charge in [0, 0.05) is 17.1 Å². The SMILES string of the molecule is O=C(NCC(c1ccco1)N1CCCC1)c1cccc(Cl)c1. The monoisotopic (exact) mass is 318 g/mol. The molecule has 4 nitrogen and oxygen atoms in total. The summed E-state index contributed by atoms with van der Waals surface area (Å²) in [5.74, 6) is 0.784. The molecule has 0 radical (unpaired) electrons. The van der Waals surface area contributed by atoms with Gasteiger partial charge in [-0.25, -0.2) is 0 Å². The van der Waals surface area contributed by atoms with Crippen LogP contribution in [0.5, 0.6) is 0 Å². The van der Waals surface area contributed by atoms with Crippen LogP contribution < -0.4 is 5.32 Å². The number of nitrogens with zero attached hydrogens (tertiary/aromatic N) is 1. The van der Waals surface area contributed by atoms with E-state index >= 15 is 0 Å². The van der Waals surface area contributed by atoms with E-state index in [-0.39, 0.29) is 11.9 Å². The number of carbonyl (C=O) groups is 1. The summed E-state index contributed by atoms with van der Waals surface area (Å²) in [6, 6.07) is 10.9. The van der Waals surface area contributed by atoms with Crippen LogP contribution in [0.3, 0.4) is 0 Å². The minimum atomic E-state index is -0.113. The topological polar surface area (TPSA) is 45.5 Å². The molecule has 1 atom stereocenters. The molecule has 1 N–H and O–H groups in total. The second-order valence-electron chi connectivity index (χ2n) is 5.49. The Morgan fingerprint density at radius 1 is 1.27 bits per heavy atom. The molecule has 1 aliphatic heterocycles. The maximum Gasteiger partial charge on any atom is 0.251 e. The largest absolute Gasteiger partial charge is 0.468 e. The van der Waals surface area contributed by atoms with Crippen molar-refractivity contribution in [3.8, 4) is 0 Å². The first-order chi connectivity index (χ1) is 10.7. The second-order valence-corrected chi connectivity index (χ2v) is 5.93. The number of rotatable bonds is 5. The van der Waals surface area contributed by atoms with Crippen molar-refractivity contribution in [3.05, 3.63) is 59.0 Å². The summed E-state index contributed by atoms with van der Waals surface area (Å²) in [4.78, 5) is 14.6. The number of nitrogens with one attached hydrogen (secondary N) is 1. The second kappa shape index (κ2) is 6.99. The van der Waals surface area contributed by atoms with Crippen LogP contribution in [-0.2, 0) is 0 Å². The molecule has 1 fully saturated rings. The summed E-state index contributed by atoms with van der Waals surface area (Å²) in [6.07, 6.45) is 4.07. The van der Waals surface area contributed by atoms with Crippen LogP contribution >= 0.6 is 11.6 Å². The summed E-state index contributed by atoms with van der Waals surface area (Å²) < 4.78 is 5.55. The van der Waals surface area contributed by atoms with Gasteiger partial charge in [0.2, 0.25) is 0 Å². The van der Waals surface area contributed by atoms with Gasteiger partial charge in [-0.2, -0.15) is 0 Å². The number of benzene rings is 1. The highest BCUT2D eigenvalue weighted by Gasteiger charge is 2.26. The smallest absolute Gasteiger partial charge is 0.251 e. The van der Waals surface area contributed by atoms with Crippen molar-refractivity contribution in [1.29, 1.82) is 0 Å². The maximum absolute atomic E-state index is 12.3. The first kappa shape index (κ1) is 15.1. The fourth-order valence-corrected chi connectivity index (χ4v) is 3.06. The molecule has 1 aromatic carbocycles. The molecule has 0 aliphatic carbocycles. The molecule has 1 aliphatic rings. The molecule has 1 unspecified atom stereocenters. The lowest BCUT2D eigenvalue weighted by Gasteiger charge is -2.26. The van der Waals surface area contributed by atoms with Gasteiger partial charge in [-0.15, -0.1) is 0 Å². The van der Waals surface area contributed by atoms with E-state index < -0.39 is 0 Å². The standard InChI is InChI=1S/C17H19ClN2O2/c18-14-6-3-5-13(11-14)17(21)19-12-15(16-7-4-10-22-16)20-8-1-2-9-20/h3-7,10-11,15H,1-2,8-9,12H2,(H,19,21). The maximum atomic E-state index is 12.3. The van der Waals surface area contributed by atoms with Crippen molar-refractivity contribution in [2.24, 2.45) is 0 Å². The van der Waals surface area contributed by atoms with E-state index in [1.54, 1.807) is 30.5 Å².